The molecule has 2 bridgehead atoms. The number of para-hydroxylation sites is 1. The Morgan fingerprint density at radius 1 is 1.18 bits per heavy atom. The number of ether oxygens (including phenoxy) is 1. The number of hydrogen-bond donors (Lipinski definition) is 2. The molecule has 2 N–H and O–H groups in total. The van der Waals surface area contributed by atoms with Crippen molar-refractivity contribution < 1.29 is 19.4 Å². The first-order chi connectivity index (χ1) is 10.6. The first-order valence-corrected chi connectivity index (χ1v) is 7.68. The minimum atomic E-state index is -1.01. The summed E-state index contributed by atoms with van der Waals surface area (Å²) in [5.41, 5.74) is 0.807. The lowest BCUT2D eigenvalue weighted by Gasteiger charge is -2.20. The highest BCUT2D eigenvalue weighted by Gasteiger charge is 2.53. The lowest BCUT2D eigenvalue weighted by atomic mass is 9.82. The van der Waals surface area contributed by atoms with E-state index in [4.69, 9.17) is 4.74 Å². The zero-order chi connectivity index (χ0) is 15.3. The number of fused-ring (bicyclic) bond motifs is 3. The lowest BCUT2D eigenvalue weighted by molar-refractivity contribution is -0.145. The maximum Gasteiger partial charge on any atom is 0.310 e. The van der Waals surface area contributed by atoms with Crippen LogP contribution in [-0.2, 0) is 14.3 Å². The number of carbonyl (C=O) groups excluding carboxylic acids is 1. The minimum Gasteiger partial charge on any atom is -0.481 e. The van der Waals surface area contributed by atoms with Gasteiger partial charge in [0, 0.05) is 0 Å². The van der Waals surface area contributed by atoms with Gasteiger partial charge >= 0.3 is 5.97 Å². The van der Waals surface area contributed by atoms with E-state index in [-0.39, 0.29) is 5.91 Å². The molecule has 2 aliphatic rings. The molecule has 4 atom stereocenters. The highest BCUT2D eigenvalue weighted by atomic mass is 32.1. The van der Waals surface area contributed by atoms with Crippen LogP contribution >= 0.6 is 11.3 Å². The molecular weight excluding hydrogens is 304 g/mol. The standard InChI is InChI=1S/C15H12N2O4S/c18-13(11-8-5-6-9(21-8)12(11)14(19)20)17-15-16-7-3-1-2-4-10(7)22-15/h1-6,8-9,11-12H,(H,19,20)(H,16,17,18). The molecule has 1 fully saturated rings. The van der Waals surface area contributed by atoms with Crippen LogP contribution in [-0.4, -0.2) is 34.2 Å². The van der Waals surface area contributed by atoms with E-state index in [1.807, 2.05) is 24.3 Å². The number of hydrogen-bond acceptors (Lipinski definition) is 5. The third-order valence-corrected chi connectivity index (χ3v) is 4.96. The van der Waals surface area contributed by atoms with Crippen molar-refractivity contribution >= 4 is 38.6 Å². The molecule has 0 aliphatic carbocycles. The van der Waals surface area contributed by atoms with Crippen LogP contribution < -0.4 is 5.32 Å². The minimum absolute atomic E-state index is 0.358. The predicted molar refractivity (Wildman–Crippen MR) is 80.7 cm³/mol. The zero-order valence-corrected chi connectivity index (χ0v) is 12.1. The number of aromatic nitrogens is 1. The number of aliphatic carboxylic acids is 1. The van der Waals surface area contributed by atoms with Gasteiger partial charge in [-0.1, -0.05) is 35.6 Å². The molecule has 112 valence electrons. The fourth-order valence-electron chi connectivity index (χ4n) is 3.03. The Kier molecular flexibility index (Phi) is 2.98. The van der Waals surface area contributed by atoms with E-state index in [2.05, 4.69) is 10.3 Å². The van der Waals surface area contributed by atoms with Crippen molar-refractivity contribution in [2.75, 3.05) is 5.32 Å². The van der Waals surface area contributed by atoms with Crippen molar-refractivity contribution in [3.63, 3.8) is 0 Å². The second-order valence-corrected chi connectivity index (χ2v) is 6.35. The Bertz CT molecular complexity index is 767. The Morgan fingerprint density at radius 2 is 1.91 bits per heavy atom. The number of thiazole rings is 1. The molecule has 6 nitrogen and oxygen atoms in total. The van der Waals surface area contributed by atoms with Crippen LogP contribution in [0.1, 0.15) is 0 Å². The smallest absolute Gasteiger partial charge is 0.310 e. The van der Waals surface area contributed by atoms with E-state index in [1.54, 1.807) is 12.2 Å². The number of nitrogens with zero attached hydrogens (tertiary/aromatic N) is 1. The highest BCUT2D eigenvalue weighted by molar-refractivity contribution is 7.22. The molecular formula is C15H12N2O4S. The Balaban J connectivity index is 1.59. The number of benzene rings is 1. The van der Waals surface area contributed by atoms with Gasteiger partial charge in [0.2, 0.25) is 5.91 Å². The van der Waals surface area contributed by atoms with Gasteiger partial charge in [-0.15, -0.1) is 0 Å². The van der Waals surface area contributed by atoms with Gasteiger partial charge in [-0.05, 0) is 12.1 Å². The van der Waals surface area contributed by atoms with Crippen LogP contribution in [0.25, 0.3) is 10.2 Å². The van der Waals surface area contributed by atoms with Crippen LogP contribution in [0.5, 0.6) is 0 Å². The second kappa shape index (κ2) is 4.89. The molecule has 4 unspecified atom stereocenters. The van der Waals surface area contributed by atoms with Gasteiger partial charge < -0.3 is 15.2 Å². The van der Waals surface area contributed by atoms with Crippen molar-refractivity contribution in [2.45, 2.75) is 12.2 Å². The fraction of sp³-hybridized carbons (Fsp3) is 0.267. The predicted octanol–water partition coefficient (Wildman–Crippen LogP) is 1.89. The molecule has 1 aromatic carbocycles. The maximum absolute atomic E-state index is 12.5. The van der Waals surface area contributed by atoms with Gasteiger partial charge in [-0.25, -0.2) is 4.98 Å². The van der Waals surface area contributed by atoms with Gasteiger partial charge in [-0.2, -0.15) is 0 Å². The van der Waals surface area contributed by atoms with Gasteiger partial charge in [0.1, 0.15) is 5.92 Å². The second-order valence-electron chi connectivity index (χ2n) is 5.32. The molecule has 2 aromatic rings. The van der Waals surface area contributed by atoms with Crippen LogP contribution in [0.15, 0.2) is 36.4 Å². The molecule has 3 heterocycles. The summed E-state index contributed by atoms with van der Waals surface area (Å²) in [5.74, 6) is -2.94. The molecule has 7 heteroatoms. The average molecular weight is 316 g/mol. The van der Waals surface area contributed by atoms with E-state index in [1.165, 1.54) is 11.3 Å². The van der Waals surface area contributed by atoms with Crippen LogP contribution in [0.3, 0.4) is 0 Å². The molecule has 4 rings (SSSR count). The van der Waals surface area contributed by atoms with Gasteiger partial charge in [0.25, 0.3) is 0 Å². The summed E-state index contributed by atoms with van der Waals surface area (Å²) >= 11 is 1.36. The summed E-state index contributed by atoms with van der Waals surface area (Å²) in [6, 6.07) is 7.57. The maximum atomic E-state index is 12.5. The molecule has 1 amide bonds. The number of amides is 1. The summed E-state index contributed by atoms with van der Waals surface area (Å²) < 4.78 is 6.48. The number of rotatable bonds is 3. The van der Waals surface area contributed by atoms with E-state index in [9.17, 15) is 14.7 Å². The van der Waals surface area contributed by atoms with Crippen molar-refractivity contribution in [2.24, 2.45) is 11.8 Å². The molecule has 22 heavy (non-hydrogen) atoms. The average Bonchev–Trinajstić information content (AvgIpc) is 3.19. The summed E-state index contributed by atoms with van der Waals surface area (Å²) in [5, 5.41) is 12.5. The Morgan fingerprint density at radius 3 is 2.64 bits per heavy atom. The largest absolute Gasteiger partial charge is 0.481 e. The molecule has 1 saturated heterocycles. The summed E-state index contributed by atoms with van der Waals surface area (Å²) in [7, 11) is 0. The normalized spacial score (nSPS) is 29.1. The van der Waals surface area contributed by atoms with E-state index < -0.39 is 30.0 Å². The molecule has 1 aromatic heterocycles. The van der Waals surface area contributed by atoms with Crippen LogP contribution in [0.4, 0.5) is 5.13 Å². The van der Waals surface area contributed by atoms with Crippen LogP contribution in [0, 0.1) is 11.8 Å². The molecule has 2 aliphatic heterocycles. The topological polar surface area (TPSA) is 88.5 Å². The molecule has 0 radical (unpaired) electrons. The third-order valence-electron chi connectivity index (χ3n) is 4.01. The summed E-state index contributed by atoms with van der Waals surface area (Å²) in [6.45, 7) is 0. The lowest BCUT2D eigenvalue weighted by Crippen LogP contribution is -2.39. The molecule has 0 saturated carbocycles. The first-order valence-electron chi connectivity index (χ1n) is 6.86. The van der Waals surface area contributed by atoms with Gasteiger partial charge in [0.05, 0.1) is 28.3 Å². The summed E-state index contributed by atoms with van der Waals surface area (Å²) in [4.78, 5) is 28.2. The fourth-order valence-corrected chi connectivity index (χ4v) is 3.90. The third kappa shape index (κ3) is 2.01. The zero-order valence-electron chi connectivity index (χ0n) is 11.3. The first kappa shape index (κ1) is 13.4. The van der Waals surface area contributed by atoms with Gasteiger partial charge in [0.15, 0.2) is 5.13 Å². The SMILES string of the molecule is O=C(O)C1C2C=CC(O2)C1C(=O)Nc1nc2ccccc2s1. The van der Waals surface area contributed by atoms with Crippen molar-refractivity contribution in [1.29, 1.82) is 0 Å². The number of carboxylic acid groups (broad SMARTS) is 1. The molecule has 0 spiro atoms. The number of carboxylic acids is 1. The van der Waals surface area contributed by atoms with E-state index in [0.29, 0.717) is 5.13 Å². The van der Waals surface area contributed by atoms with E-state index in [0.717, 1.165) is 10.2 Å². The quantitative estimate of drug-likeness (QED) is 0.844. The van der Waals surface area contributed by atoms with Crippen molar-refractivity contribution in [3.8, 4) is 0 Å². The highest BCUT2D eigenvalue weighted by Crippen LogP contribution is 2.40. The van der Waals surface area contributed by atoms with Crippen molar-refractivity contribution in [1.82, 2.24) is 4.98 Å². The Hall–Kier alpha value is -2.25. The van der Waals surface area contributed by atoms with Gasteiger partial charge in [-0.3, -0.25) is 9.59 Å². The number of carbonyl (C=O) groups is 2. The Labute approximate surface area is 129 Å². The summed E-state index contributed by atoms with van der Waals surface area (Å²) in [6.07, 6.45) is 2.48. The van der Waals surface area contributed by atoms with E-state index >= 15 is 0 Å². The monoisotopic (exact) mass is 316 g/mol. The van der Waals surface area contributed by atoms with Crippen LogP contribution in [0.2, 0.25) is 0 Å². The van der Waals surface area contributed by atoms with Crippen molar-refractivity contribution in [3.05, 3.63) is 36.4 Å². The number of anilines is 1. The number of nitrogens with one attached hydrogen (secondary N) is 1.